The molecule has 3 nitrogen and oxygen atoms in total. The first kappa shape index (κ1) is 11.7. The van der Waals surface area contributed by atoms with Crippen LogP contribution in [0.1, 0.15) is 6.92 Å². The van der Waals surface area contributed by atoms with E-state index in [-0.39, 0.29) is 0 Å². The Morgan fingerprint density at radius 2 is 2.06 bits per heavy atom. The predicted octanol–water partition coefficient (Wildman–Crippen LogP) is 3.95. The van der Waals surface area contributed by atoms with Crippen molar-refractivity contribution < 1.29 is 14.3 Å². The van der Waals surface area contributed by atoms with Gasteiger partial charge in [-0.05, 0) is 18.6 Å². The number of rotatable bonds is 3. The van der Waals surface area contributed by atoms with Crippen LogP contribution in [0.5, 0.6) is 5.75 Å². The maximum atomic E-state index is 11.1. The number of ether oxygens (including phenoxy) is 2. The van der Waals surface area contributed by atoms with E-state index in [4.69, 9.17) is 9.47 Å². The smallest absolute Gasteiger partial charge is 0.434 e. The minimum Gasteiger partial charge on any atom is -0.434 e. The molecule has 1 aromatic heterocycles. The summed E-state index contributed by atoms with van der Waals surface area (Å²) in [6.45, 7) is 2.05. The van der Waals surface area contributed by atoms with Crippen molar-refractivity contribution in [3.63, 3.8) is 0 Å². The molecular formula is C13H12O3S. The first-order chi connectivity index (χ1) is 8.29. The molecule has 0 saturated heterocycles. The van der Waals surface area contributed by atoms with Gasteiger partial charge >= 0.3 is 6.16 Å². The van der Waals surface area contributed by atoms with E-state index in [2.05, 4.69) is 0 Å². The van der Waals surface area contributed by atoms with Gasteiger partial charge in [0.05, 0.1) is 6.61 Å². The van der Waals surface area contributed by atoms with E-state index in [1.165, 1.54) is 11.3 Å². The van der Waals surface area contributed by atoms with Crippen LogP contribution in [0.25, 0.3) is 10.4 Å². The first-order valence-electron chi connectivity index (χ1n) is 5.28. The summed E-state index contributed by atoms with van der Waals surface area (Å²) in [5, 5.41) is 1.79. The molecule has 0 aliphatic heterocycles. The summed E-state index contributed by atoms with van der Waals surface area (Å²) < 4.78 is 9.71. The maximum Gasteiger partial charge on any atom is 0.513 e. The number of carbonyl (C=O) groups is 1. The Morgan fingerprint density at radius 3 is 2.76 bits per heavy atom. The van der Waals surface area contributed by atoms with Gasteiger partial charge in [-0.25, -0.2) is 4.79 Å². The second kappa shape index (κ2) is 5.50. The summed E-state index contributed by atoms with van der Waals surface area (Å²) in [5.41, 5.74) is 1.11. The molecule has 0 saturated carbocycles. The third-order valence-electron chi connectivity index (χ3n) is 2.10. The standard InChI is InChI=1S/C13H12O3S/c1-2-15-13(14)16-11-8-12(17-9-11)10-6-4-3-5-7-10/h3-9H,2H2,1H3. The molecule has 4 heteroatoms. The average molecular weight is 248 g/mol. The lowest BCUT2D eigenvalue weighted by atomic mass is 10.2. The van der Waals surface area contributed by atoms with Crippen LogP contribution in [0.3, 0.4) is 0 Å². The molecule has 0 spiro atoms. The largest absolute Gasteiger partial charge is 0.513 e. The topological polar surface area (TPSA) is 35.5 Å². The van der Waals surface area contributed by atoms with Gasteiger partial charge in [0, 0.05) is 10.3 Å². The molecule has 1 heterocycles. The Balaban J connectivity index is 2.09. The van der Waals surface area contributed by atoms with Crippen LogP contribution in [0.15, 0.2) is 41.8 Å². The number of thiophene rings is 1. The third kappa shape index (κ3) is 3.07. The van der Waals surface area contributed by atoms with Gasteiger partial charge in [-0.2, -0.15) is 0 Å². The molecular weight excluding hydrogens is 236 g/mol. The molecule has 0 amide bonds. The zero-order valence-corrected chi connectivity index (χ0v) is 10.2. The van der Waals surface area contributed by atoms with E-state index in [9.17, 15) is 4.79 Å². The average Bonchev–Trinajstić information content (AvgIpc) is 2.79. The van der Waals surface area contributed by atoms with Crippen molar-refractivity contribution in [2.45, 2.75) is 6.92 Å². The van der Waals surface area contributed by atoms with Crippen molar-refractivity contribution in [1.82, 2.24) is 0 Å². The van der Waals surface area contributed by atoms with Gasteiger partial charge in [0.1, 0.15) is 5.75 Å². The fourth-order valence-corrected chi connectivity index (χ4v) is 2.19. The second-order valence-corrected chi connectivity index (χ2v) is 4.21. The van der Waals surface area contributed by atoms with E-state index in [1.54, 1.807) is 12.3 Å². The molecule has 2 rings (SSSR count). The van der Waals surface area contributed by atoms with Gasteiger partial charge in [-0.3, -0.25) is 0 Å². The molecule has 0 unspecified atom stereocenters. The van der Waals surface area contributed by atoms with Crippen LogP contribution in [0, 0.1) is 0 Å². The second-order valence-electron chi connectivity index (χ2n) is 3.30. The molecule has 0 atom stereocenters. The number of carbonyl (C=O) groups excluding carboxylic acids is 1. The summed E-state index contributed by atoms with van der Waals surface area (Å²) in [6, 6.07) is 11.8. The van der Waals surface area contributed by atoms with Gasteiger partial charge in [0.15, 0.2) is 0 Å². The maximum absolute atomic E-state index is 11.1. The Hall–Kier alpha value is -1.81. The zero-order chi connectivity index (χ0) is 12.1. The Bertz CT molecular complexity index is 490. The quantitative estimate of drug-likeness (QED) is 0.771. The van der Waals surface area contributed by atoms with Crippen molar-refractivity contribution in [1.29, 1.82) is 0 Å². The lowest BCUT2D eigenvalue weighted by Gasteiger charge is -2.00. The number of hydrogen-bond acceptors (Lipinski definition) is 4. The molecule has 88 valence electrons. The van der Waals surface area contributed by atoms with Crippen LogP contribution in [-0.4, -0.2) is 12.8 Å². The summed E-state index contributed by atoms with van der Waals surface area (Å²) in [4.78, 5) is 12.2. The Labute approximate surface area is 104 Å². The van der Waals surface area contributed by atoms with Gasteiger partial charge < -0.3 is 9.47 Å². The molecule has 2 aromatic rings. The fraction of sp³-hybridized carbons (Fsp3) is 0.154. The summed E-state index contributed by atoms with van der Waals surface area (Å²) >= 11 is 1.53. The number of benzene rings is 1. The van der Waals surface area contributed by atoms with Crippen LogP contribution < -0.4 is 4.74 Å². The van der Waals surface area contributed by atoms with Crippen molar-refractivity contribution in [3.8, 4) is 16.2 Å². The van der Waals surface area contributed by atoms with Crippen LogP contribution in [0.4, 0.5) is 4.79 Å². The summed E-state index contributed by atoms with van der Waals surface area (Å²) in [6.07, 6.45) is -0.662. The molecule has 17 heavy (non-hydrogen) atoms. The molecule has 0 N–H and O–H groups in total. The molecule has 0 bridgehead atoms. The van der Waals surface area contributed by atoms with Crippen LogP contribution in [-0.2, 0) is 4.74 Å². The molecule has 0 aliphatic rings. The minimum absolute atomic E-state index is 0.314. The fourth-order valence-electron chi connectivity index (χ4n) is 1.37. The lowest BCUT2D eigenvalue weighted by Crippen LogP contribution is -2.09. The van der Waals surface area contributed by atoms with E-state index < -0.39 is 6.16 Å². The Kier molecular flexibility index (Phi) is 3.77. The van der Waals surface area contributed by atoms with Crippen molar-refractivity contribution in [2.24, 2.45) is 0 Å². The van der Waals surface area contributed by atoms with Crippen LogP contribution in [0.2, 0.25) is 0 Å². The molecule has 0 aliphatic carbocycles. The van der Waals surface area contributed by atoms with Crippen molar-refractivity contribution in [3.05, 3.63) is 41.8 Å². The highest BCUT2D eigenvalue weighted by Gasteiger charge is 2.08. The summed E-state index contributed by atoms with van der Waals surface area (Å²) in [7, 11) is 0. The summed E-state index contributed by atoms with van der Waals surface area (Å²) in [5.74, 6) is 0.521. The van der Waals surface area contributed by atoms with E-state index in [1.807, 2.05) is 36.4 Å². The van der Waals surface area contributed by atoms with Gasteiger partial charge in [-0.1, -0.05) is 30.3 Å². The third-order valence-corrected chi connectivity index (χ3v) is 3.05. The number of hydrogen-bond donors (Lipinski definition) is 0. The van der Waals surface area contributed by atoms with E-state index >= 15 is 0 Å². The first-order valence-corrected chi connectivity index (χ1v) is 6.16. The van der Waals surface area contributed by atoms with Gasteiger partial charge in [0.2, 0.25) is 0 Å². The normalized spacial score (nSPS) is 9.94. The lowest BCUT2D eigenvalue weighted by molar-refractivity contribution is 0.104. The molecule has 1 aromatic carbocycles. The Morgan fingerprint density at radius 1 is 1.29 bits per heavy atom. The van der Waals surface area contributed by atoms with Crippen molar-refractivity contribution >= 4 is 17.5 Å². The van der Waals surface area contributed by atoms with Crippen LogP contribution >= 0.6 is 11.3 Å². The van der Waals surface area contributed by atoms with E-state index in [0.29, 0.717) is 12.4 Å². The predicted molar refractivity (Wildman–Crippen MR) is 67.4 cm³/mol. The highest BCUT2D eigenvalue weighted by atomic mass is 32.1. The van der Waals surface area contributed by atoms with E-state index in [0.717, 1.165) is 10.4 Å². The highest BCUT2D eigenvalue weighted by molar-refractivity contribution is 7.13. The van der Waals surface area contributed by atoms with Gasteiger partial charge in [0.25, 0.3) is 0 Å². The highest BCUT2D eigenvalue weighted by Crippen LogP contribution is 2.30. The monoisotopic (exact) mass is 248 g/mol. The van der Waals surface area contributed by atoms with Gasteiger partial charge in [-0.15, -0.1) is 11.3 Å². The minimum atomic E-state index is -0.662. The molecule has 0 fully saturated rings. The molecule has 0 radical (unpaired) electrons. The zero-order valence-electron chi connectivity index (χ0n) is 9.38. The van der Waals surface area contributed by atoms with Crippen molar-refractivity contribution in [2.75, 3.05) is 6.61 Å². The SMILES string of the molecule is CCOC(=O)Oc1csc(-c2ccccc2)c1.